The molecule has 0 saturated carbocycles. The van der Waals surface area contributed by atoms with Gasteiger partial charge in [-0.25, -0.2) is 0 Å². The maximum atomic E-state index is 12.6. The average molecular weight is 342 g/mol. The Morgan fingerprint density at radius 1 is 1.08 bits per heavy atom. The molecule has 0 bridgehead atoms. The van der Waals surface area contributed by atoms with Crippen LogP contribution in [0, 0.1) is 5.92 Å². The highest BCUT2D eigenvalue weighted by atomic mass is 16.2. The second-order valence-electron chi connectivity index (χ2n) is 7.09. The van der Waals surface area contributed by atoms with Gasteiger partial charge in [0.2, 0.25) is 11.8 Å². The van der Waals surface area contributed by atoms with Gasteiger partial charge in [-0.05, 0) is 18.4 Å². The Kier molecular flexibility index (Phi) is 5.36. The third-order valence-electron chi connectivity index (χ3n) is 4.79. The molecule has 1 aliphatic rings. The molecule has 0 unspecified atom stereocenters. The van der Waals surface area contributed by atoms with E-state index in [1.54, 1.807) is 0 Å². The lowest BCUT2D eigenvalue weighted by molar-refractivity contribution is -0.139. The molecule has 1 aromatic carbocycles. The van der Waals surface area contributed by atoms with Crippen LogP contribution >= 0.6 is 0 Å². The molecule has 2 amide bonds. The van der Waals surface area contributed by atoms with Gasteiger partial charge in [-0.1, -0.05) is 32.0 Å². The maximum absolute atomic E-state index is 12.6. The van der Waals surface area contributed by atoms with Crippen LogP contribution < -0.4 is 0 Å². The largest absolute Gasteiger partial charge is 0.339 e. The van der Waals surface area contributed by atoms with Crippen LogP contribution in [0.25, 0.3) is 10.9 Å². The predicted molar refractivity (Wildman–Crippen MR) is 97.0 cm³/mol. The number of rotatable bonds is 5. The predicted octanol–water partition coefficient (Wildman–Crippen LogP) is 2.21. The summed E-state index contributed by atoms with van der Waals surface area (Å²) in [5.74, 6) is 0.833. The number of piperazine rings is 1. The Labute approximate surface area is 148 Å². The molecule has 134 valence electrons. The number of aromatic nitrogens is 2. The molecule has 0 radical (unpaired) electrons. The summed E-state index contributed by atoms with van der Waals surface area (Å²) in [5, 5.41) is 8.21. The van der Waals surface area contributed by atoms with E-state index in [1.807, 2.05) is 34.1 Å². The van der Waals surface area contributed by atoms with Crippen molar-refractivity contribution in [2.24, 2.45) is 5.92 Å². The molecule has 3 rings (SSSR count). The van der Waals surface area contributed by atoms with E-state index < -0.39 is 0 Å². The second-order valence-corrected chi connectivity index (χ2v) is 7.09. The van der Waals surface area contributed by atoms with Crippen molar-refractivity contribution in [2.75, 3.05) is 26.2 Å². The minimum atomic E-state index is 0.0867. The molecule has 0 spiro atoms. The van der Waals surface area contributed by atoms with Crippen LogP contribution in [0.1, 0.15) is 32.4 Å². The summed E-state index contributed by atoms with van der Waals surface area (Å²) in [4.78, 5) is 28.5. The fraction of sp³-hybridized carbons (Fsp3) is 0.526. The molecular formula is C19H26N4O2. The fourth-order valence-electron chi connectivity index (χ4n) is 3.19. The molecule has 6 heteroatoms. The Bertz CT molecular complexity index is 745. The Morgan fingerprint density at radius 3 is 2.40 bits per heavy atom. The van der Waals surface area contributed by atoms with Crippen LogP contribution in [0.3, 0.4) is 0 Å². The molecule has 1 aliphatic heterocycles. The van der Waals surface area contributed by atoms with E-state index in [-0.39, 0.29) is 11.8 Å². The maximum Gasteiger partial charge on any atom is 0.228 e. The minimum Gasteiger partial charge on any atom is -0.339 e. The summed E-state index contributed by atoms with van der Waals surface area (Å²) >= 11 is 0. The Balaban J connectivity index is 1.52. The van der Waals surface area contributed by atoms with Crippen LogP contribution in [-0.2, 0) is 16.0 Å². The smallest absolute Gasteiger partial charge is 0.228 e. The number of nitrogens with one attached hydrogen (secondary N) is 1. The monoisotopic (exact) mass is 342 g/mol. The van der Waals surface area contributed by atoms with E-state index in [0.29, 0.717) is 44.9 Å². The molecule has 25 heavy (non-hydrogen) atoms. The van der Waals surface area contributed by atoms with E-state index in [4.69, 9.17) is 0 Å². The van der Waals surface area contributed by atoms with E-state index >= 15 is 0 Å². The zero-order valence-electron chi connectivity index (χ0n) is 15.0. The van der Waals surface area contributed by atoms with Crippen LogP contribution in [0.2, 0.25) is 0 Å². The van der Waals surface area contributed by atoms with E-state index in [1.165, 1.54) is 0 Å². The number of nitrogens with zero attached hydrogens (tertiary/aromatic N) is 3. The molecule has 1 aromatic heterocycles. The van der Waals surface area contributed by atoms with Gasteiger partial charge in [0.1, 0.15) is 0 Å². The third-order valence-corrected chi connectivity index (χ3v) is 4.79. The zero-order chi connectivity index (χ0) is 17.8. The molecule has 6 nitrogen and oxygen atoms in total. The quantitative estimate of drug-likeness (QED) is 0.906. The van der Waals surface area contributed by atoms with Crippen molar-refractivity contribution in [1.82, 2.24) is 20.0 Å². The normalized spacial score (nSPS) is 15.2. The number of carbonyl (C=O) groups is 2. The van der Waals surface area contributed by atoms with Crippen LogP contribution in [0.4, 0.5) is 0 Å². The summed E-state index contributed by atoms with van der Waals surface area (Å²) in [6, 6.07) is 7.80. The van der Waals surface area contributed by atoms with E-state index in [9.17, 15) is 9.59 Å². The lowest BCUT2D eigenvalue weighted by atomic mass is 10.1. The summed E-state index contributed by atoms with van der Waals surface area (Å²) in [5.41, 5.74) is 1.74. The van der Waals surface area contributed by atoms with E-state index in [2.05, 4.69) is 24.0 Å². The van der Waals surface area contributed by atoms with Crippen LogP contribution in [0.15, 0.2) is 24.3 Å². The highest BCUT2D eigenvalue weighted by Gasteiger charge is 2.24. The molecule has 2 aromatic rings. The summed E-state index contributed by atoms with van der Waals surface area (Å²) in [6.07, 6.45) is 1.85. The Hall–Kier alpha value is -2.37. The van der Waals surface area contributed by atoms with Crippen molar-refractivity contribution in [1.29, 1.82) is 0 Å². The molecule has 1 fully saturated rings. The van der Waals surface area contributed by atoms with Crippen molar-refractivity contribution >= 4 is 22.7 Å². The van der Waals surface area contributed by atoms with Gasteiger partial charge in [0.25, 0.3) is 0 Å². The zero-order valence-corrected chi connectivity index (χ0v) is 15.0. The van der Waals surface area contributed by atoms with Gasteiger partial charge >= 0.3 is 0 Å². The number of hydrogen-bond acceptors (Lipinski definition) is 3. The molecule has 2 heterocycles. The SMILES string of the molecule is CC(C)CCC(=O)N1CCN(C(=O)Cc2[nH]nc3ccccc23)CC1. The molecule has 0 aliphatic carbocycles. The van der Waals surface area contributed by atoms with Crippen molar-refractivity contribution in [3.05, 3.63) is 30.0 Å². The number of amides is 2. The first-order valence-corrected chi connectivity index (χ1v) is 9.02. The van der Waals surface area contributed by atoms with Crippen LogP contribution in [0.5, 0.6) is 0 Å². The second kappa shape index (κ2) is 7.68. The standard InChI is InChI=1S/C19H26N4O2/c1-14(2)7-8-18(24)22-9-11-23(12-10-22)19(25)13-17-15-5-3-4-6-16(15)20-21-17/h3-6,14H,7-13H2,1-2H3,(H,20,21). The molecular weight excluding hydrogens is 316 g/mol. The van der Waals surface area contributed by atoms with E-state index in [0.717, 1.165) is 23.0 Å². The number of aromatic amines is 1. The van der Waals surface area contributed by atoms with Gasteiger partial charge < -0.3 is 9.80 Å². The number of para-hydroxylation sites is 1. The molecule has 1 N–H and O–H groups in total. The van der Waals surface area contributed by atoms with Crippen molar-refractivity contribution in [3.63, 3.8) is 0 Å². The van der Waals surface area contributed by atoms with Crippen molar-refractivity contribution in [3.8, 4) is 0 Å². The minimum absolute atomic E-state index is 0.0867. The van der Waals surface area contributed by atoms with Gasteiger partial charge in [0.15, 0.2) is 0 Å². The van der Waals surface area contributed by atoms with Crippen LogP contribution in [-0.4, -0.2) is 58.0 Å². The first-order chi connectivity index (χ1) is 12.0. The number of benzene rings is 1. The summed E-state index contributed by atoms with van der Waals surface area (Å²) < 4.78 is 0. The number of fused-ring (bicyclic) bond motifs is 1. The van der Waals surface area contributed by atoms with Crippen molar-refractivity contribution in [2.45, 2.75) is 33.1 Å². The van der Waals surface area contributed by atoms with Gasteiger partial charge in [-0.3, -0.25) is 14.7 Å². The summed E-state index contributed by atoms with van der Waals surface area (Å²) in [6.45, 7) is 6.74. The first-order valence-electron chi connectivity index (χ1n) is 9.02. The number of H-pyrrole nitrogens is 1. The molecule has 0 atom stereocenters. The average Bonchev–Trinajstić information content (AvgIpc) is 3.03. The van der Waals surface area contributed by atoms with Gasteiger partial charge in [0, 0.05) is 38.0 Å². The first kappa shape index (κ1) is 17.5. The highest BCUT2D eigenvalue weighted by Crippen LogP contribution is 2.17. The third kappa shape index (κ3) is 4.18. The lowest BCUT2D eigenvalue weighted by Crippen LogP contribution is -2.51. The molecule has 1 saturated heterocycles. The summed E-state index contributed by atoms with van der Waals surface area (Å²) in [7, 11) is 0. The van der Waals surface area contributed by atoms with Crippen molar-refractivity contribution < 1.29 is 9.59 Å². The number of carbonyl (C=O) groups excluding carboxylic acids is 2. The van der Waals surface area contributed by atoms with Gasteiger partial charge in [-0.15, -0.1) is 0 Å². The number of hydrogen-bond donors (Lipinski definition) is 1. The van der Waals surface area contributed by atoms with Gasteiger partial charge in [-0.2, -0.15) is 5.10 Å². The van der Waals surface area contributed by atoms with Gasteiger partial charge in [0.05, 0.1) is 17.6 Å². The Morgan fingerprint density at radius 2 is 1.72 bits per heavy atom. The lowest BCUT2D eigenvalue weighted by Gasteiger charge is -2.35. The topological polar surface area (TPSA) is 69.3 Å². The fourth-order valence-corrected chi connectivity index (χ4v) is 3.19. The highest BCUT2D eigenvalue weighted by molar-refractivity contribution is 5.87.